The van der Waals surface area contributed by atoms with Crippen LogP contribution in [0, 0.1) is 0 Å². The highest BCUT2D eigenvalue weighted by atomic mass is 31.2. The fourth-order valence-corrected chi connectivity index (χ4v) is 2.96. The van der Waals surface area contributed by atoms with E-state index in [-0.39, 0.29) is 25.0 Å². The summed E-state index contributed by atoms with van der Waals surface area (Å²) in [6.07, 6.45) is 1.15. The molecule has 1 atom stereocenters. The Labute approximate surface area is 163 Å². The minimum absolute atomic E-state index is 0.0319. The van der Waals surface area contributed by atoms with Gasteiger partial charge in [-0.15, -0.1) is 0 Å². The smallest absolute Gasteiger partial charge is 0.353 e. The Morgan fingerprint density at radius 1 is 1.32 bits per heavy atom. The first-order chi connectivity index (χ1) is 13.4. The number of nitrogen functional groups attached to an aromatic ring is 1. The van der Waals surface area contributed by atoms with Crippen molar-refractivity contribution in [2.45, 2.75) is 13.5 Å². The van der Waals surface area contributed by atoms with Crippen LogP contribution >= 0.6 is 7.60 Å². The van der Waals surface area contributed by atoms with Crippen LogP contribution in [0.15, 0.2) is 35.3 Å². The molecule has 1 heterocycles. The van der Waals surface area contributed by atoms with Gasteiger partial charge in [0.25, 0.3) is 0 Å². The normalized spacial score (nSPS) is 13.4. The maximum atomic E-state index is 12.0. The number of hydrogen-bond donors (Lipinski definition) is 3. The van der Waals surface area contributed by atoms with Gasteiger partial charge >= 0.3 is 7.60 Å². The van der Waals surface area contributed by atoms with E-state index in [0.29, 0.717) is 18.1 Å². The van der Waals surface area contributed by atoms with Gasteiger partial charge in [-0.05, 0) is 12.5 Å². The average molecular weight is 409 g/mol. The molecule has 1 aromatic heterocycles. The van der Waals surface area contributed by atoms with Crippen molar-refractivity contribution in [2.24, 2.45) is 4.99 Å². The quantitative estimate of drug-likeness (QED) is 0.290. The summed E-state index contributed by atoms with van der Waals surface area (Å²) >= 11 is 0. The number of nitrogens with zero attached hydrogens (tertiary/aromatic N) is 3. The van der Waals surface area contributed by atoms with Gasteiger partial charge in [0.15, 0.2) is 11.5 Å². The first-order valence-corrected chi connectivity index (χ1v) is 10.2. The minimum atomic E-state index is -3.85. The average Bonchev–Trinajstić information content (AvgIpc) is 2.68. The minimum Gasteiger partial charge on any atom is -0.479 e. The molecule has 2 aromatic rings. The molecule has 1 aromatic carbocycles. The lowest BCUT2D eigenvalue weighted by Crippen LogP contribution is -2.13. The number of rotatable bonds is 11. The molecule has 0 spiro atoms. The second-order valence-electron chi connectivity index (χ2n) is 5.54. The number of hydrogen-bond acceptors (Lipinski definition) is 9. The molecule has 28 heavy (non-hydrogen) atoms. The van der Waals surface area contributed by atoms with Crippen molar-refractivity contribution in [1.29, 1.82) is 0 Å². The SMILES string of the molecule is CC=Nc1c(NCCOCP(=O)(O)OCc2ccccc2)nc(N)nc1OC. The van der Waals surface area contributed by atoms with Crippen molar-refractivity contribution in [3.8, 4) is 5.88 Å². The van der Waals surface area contributed by atoms with Gasteiger partial charge in [0.2, 0.25) is 11.8 Å². The van der Waals surface area contributed by atoms with Crippen molar-refractivity contribution < 1.29 is 23.5 Å². The molecular formula is C17H24N5O5P. The fourth-order valence-electron chi connectivity index (χ4n) is 2.17. The fraction of sp³-hybridized carbons (Fsp3) is 0.353. The van der Waals surface area contributed by atoms with Crippen LogP contribution in [0.2, 0.25) is 0 Å². The first-order valence-electron chi connectivity index (χ1n) is 8.47. The van der Waals surface area contributed by atoms with E-state index >= 15 is 0 Å². The van der Waals surface area contributed by atoms with E-state index in [9.17, 15) is 9.46 Å². The van der Waals surface area contributed by atoms with Gasteiger partial charge in [0.05, 0.1) is 20.3 Å². The number of aromatic nitrogens is 2. The zero-order chi connectivity index (χ0) is 20.4. The third-order valence-corrected chi connectivity index (χ3v) is 4.43. The predicted molar refractivity (Wildman–Crippen MR) is 107 cm³/mol. The van der Waals surface area contributed by atoms with Crippen molar-refractivity contribution in [3.63, 3.8) is 0 Å². The van der Waals surface area contributed by atoms with Crippen LogP contribution < -0.4 is 15.8 Å². The Morgan fingerprint density at radius 2 is 2.07 bits per heavy atom. The molecule has 0 aliphatic carbocycles. The number of anilines is 2. The van der Waals surface area contributed by atoms with Gasteiger partial charge in [-0.1, -0.05) is 30.3 Å². The maximum absolute atomic E-state index is 12.0. The summed E-state index contributed by atoms with van der Waals surface area (Å²) in [4.78, 5) is 22.1. The molecule has 0 fully saturated rings. The van der Waals surface area contributed by atoms with E-state index in [2.05, 4.69) is 20.3 Å². The van der Waals surface area contributed by atoms with Crippen LogP contribution in [0.4, 0.5) is 17.5 Å². The standard InChI is InChI=1S/C17H24N5O5P/c1-3-19-14-15(21-17(18)22-16(14)25-2)20-9-10-26-12-28(23,24)27-11-13-7-5-4-6-8-13/h3-8H,9-12H2,1-2H3,(H,23,24)(H3,18,20,21,22). The molecule has 0 saturated carbocycles. The number of nitrogens with one attached hydrogen (secondary N) is 1. The van der Waals surface area contributed by atoms with Crippen molar-refractivity contribution in [1.82, 2.24) is 9.97 Å². The van der Waals surface area contributed by atoms with E-state index < -0.39 is 13.9 Å². The molecule has 11 heteroatoms. The van der Waals surface area contributed by atoms with Crippen LogP contribution in [0.5, 0.6) is 5.88 Å². The van der Waals surface area contributed by atoms with Gasteiger partial charge in [-0.25, -0.2) is 0 Å². The molecule has 0 aliphatic heterocycles. The molecule has 0 bridgehead atoms. The largest absolute Gasteiger partial charge is 0.479 e. The van der Waals surface area contributed by atoms with Gasteiger partial charge < -0.3 is 29.9 Å². The Hall–Kier alpha value is -2.52. The second kappa shape index (κ2) is 10.7. The van der Waals surface area contributed by atoms with Crippen LogP contribution in [-0.4, -0.2) is 47.7 Å². The van der Waals surface area contributed by atoms with Gasteiger partial charge in [0, 0.05) is 12.8 Å². The zero-order valence-corrected chi connectivity index (χ0v) is 16.6. The van der Waals surface area contributed by atoms with Crippen LogP contribution in [0.25, 0.3) is 0 Å². The number of benzene rings is 1. The second-order valence-corrected chi connectivity index (χ2v) is 7.33. The molecule has 2 rings (SSSR count). The summed E-state index contributed by atoms with van der Waals surface area (Å²) in [6.45, 7) is 2.22. The van der Waals surface area contributed by atoms with Gasteiger partial charge in [-0.2, -0.15) is 9.97 Å². The monoisotopic (exact) mass is 409 g/mol. The Balaban J connectivity index is 1.81. The maximum Gasteiger partial charge on any atom is 0.353 e. The van der Waals surface area contributed by atoms with Crippen molar-refractivity contribution in [3.05, 3.63) is 35.9 Å². The van der Waals surface area contributed by atoms with E-state index in [1.807, 2.05) is 30.3 Å². The molecule has 4 N–H and O–H groups in total. The molecule has 10 nitrogen and oxygen atoms in total. The number of aliphatic imine (C=N–C) groups is 1. The highest BCUT2D eigenvalue weighted by molar-refractivity contribution is 7.52. The summed E-state index contributed by atoms with van der Waals surface area (Å²) in [7, 11) is -2.39. The van der Waals surface area contributed by atoms with Crippen LogP contribution in [0.1, 0.15) is 12.5 Å². The predicted octanol–water partition coefficient (Wildman–Crippen LogP) is 2.58. The molecule has 0 saturated heterocycles. The lowest BCUT2D eigenvalue weighted by atomic mass is 10.2. The molecule has 0 aliphatic rings. The summed E-state index contributed by atoms with van der Waals surface area (Å²) in [5.41, 5.74) is 6.86. The third kappa shape index (κ3) is 6.90. The Kier molecular flexibility index (Phi) is 8.34. The zero-order valence-electron chi connectivity index (χ0n) is 15.7. The summed E-state index contributed by atoms with van der Waals surface area (Å²) in [5.74, 6) is 0.645. The Bertz CT molecular complexity index is 834. The van der Waals surface area contributed by atoms with E-state index in [0.717, 1.165) is 5.56 Å². The number of ether oxygens (including phenoxy) is 2. The highest BCUT2D eigenvalue weighted by Crippen LogP contribution is 2.42. The highest BCUT2D eigenvalue weighted by Gasteiger charge is 2.20. The van der Waals surface area contributed by atoms with E-state index in [4.69, 9.17) is 19.7 Å². The van der Waals surface area contributed by atoms with Crippen molar-refractivity contribution >= 4 is 31.3 Å². The lowest BCUT2D eigenvalue weighted by Gasteiger charge is -2.14. The summed E-state index contributed by atoms with van der Waals surface area (Å²) in [6, 6.07) is 9.13. The molecule has 0 radical (unpaired) electrons. The summed E-state index contributed by atoms with van der Waals surface area (Å²) in [5, 5.41) is 3.00. The topological polar surface area (TPSA) is 141 Å². The van der Waals surface area contributed by atoms with Crippen LogP contribution in [-0.2, 0) is 20.4 Å². The lowest BCUT2D eigenvalue weighted by molar-refractivity contribution is 0.149. The molecular weight excluding hydrogens is 385 g/mol. The molecule has 1 unspecified atom stereocenters. The van der Waals surface area contributed by atoms with E-state index in [1.54, 1.807) is 13.1 Å². The molecule has 152 valence electrons. The van der Waals surface area contributed by atoms with Crippen LogP contribution in [0.3, 0.4) is 0 Å². The first kappa shape index (κ1) is 21.8. The third-order valence-electron chi connectivity index (χ3n) is 3.39. The Morgan fingerprint density at radius 3 is 2.75 bits per heavy atom. The summed E-state index contributed by atoms with van der Waals surface area (Å²) < 4.78 is 27.5. The number of methoxy groups -OCH3 is 1. The van der Waals surface area contributed by atoms with Gasteiger partial charge in [-0.3, -0.25) is 9.56 Å². The van der Waals surface area contributed by atoms with Crippen molar-refractivity contribution in [2.75, 3.05) is 37.7 Å². The number of nitrogens with two attached hydrogens (primary N) is 1. The molecule has 0 amide bonds. The van der Waals surface area contributed by atoms with E-state index in [1.165, 1.54) is 7.11 Å². The van der Waals surface area contributed by atoms with Gasteiger partial charge in [0.1, 0.15) is 6.35 Å².